The Morgan fingerprint density at radius 2 is 1.81 bits per heavy atom. The van der Waals surface area contributed by atoms with E-state index >= 15 is 0 Å². The normalized spacial score (nSPS) is 18.3. The van der Waals surface area contributed by atoms with Crippen molar-refractivity contribution in [2.24, 2.45) is 4.99 Å². The Balaban J connectivity index is 0.00000186. The molecule has 1 aliphatic carbocycles. The van der Waals surface area contributed by atoms with E-state index in [1.165, 1.54) is 32.1 Å². The lowest BCUT2D eigenvalue weighted by Gasteiger charge is -2.31. The fourth-order valence-electron chi connectivity index (χ4n) is 4.97. The third-order valence-corrected chi connectivity index (χ3v) is 7.06. The van der Waals surface area contributed by atoms with Gasteiger partial charge in [-0.3, -0.25) is 9.48 Å². The minimum Gasteiger partial charge on any atom is -0.395 e. The summed E-state index contributed by atoms with van der Waals surface area (Å²) in [5.41, 5.74) is 1.52. The second kappa shape index (κ2) is 14.7. The zero-order valence-corrected chi connectivity index (χ0v) is 22.7. The smallest absolute Gasteiger partial charge is 0.251 e. The molecule has 1 aliphatic heterocycles. The van der Waals surface area contributed by atoms with E-state index < -0.39 is 0 Å². The highest BCUT2D eigenvalue weighted by atomic mass is 16.3. The van der Waals surface area contributed by atoms with Crippen LogP contribution in [0.2, 0.25) is 0 Å². The summed E-state index contributed by atoms with van der Waals surface area (Å²) in [6.07, 6.45) is 11.7. The monoisotopic (exact) mass is 508 g/mol. The Labute approximate surface area is 221 Å². The second-order valence-electron chi connectivity index (χ2n) is 9.64. The van der Waals surface area contributed by atoms with Crippen LogP contribution in [0.1, 0.15) is 82.1 Å². The van der Waals surface area contributed by atoms with E-state index in [2.05, 4.69) is 36.9 Å². The lowest BCUT2D eigenvalue weighted by Crippen LogP contribution is -2.45. The van der Waals surface area contributed by atoms with Crippen molar-refractivity contribution < 1.29 is 9.90 Å². The molecule has 0 atom stereocenters. The summed E-state index contributed by atoms with van der Waals surface area (Å²) in [5, 5.41) is 21.9. The maximum Gasteiger partial charge on any atom is 0.251 e. The van der Waals surface area contributed by atoms with Gasteiger partial charge in [-0.1, -0.05) is 39.7 Å². The van der Waals surface area contributed by atoms with E-state index in [4.69, 9.17) is 5.11 Å². The van der Waals surface area contributed by atoms with E-state index in [9.17, 15) is 4.79 Å². The van der Waals surface area contributed by atoms with Crippen LogP contribution in [0.25, 0.3) is 12.8 Å². The number of aromatic nitrogens is 2. The van der Waals surface area contributed by atoms with E-state index in [1.807, 2.05) is 57.4 Å². The Kier molecular flexibility index (Phi) is 11.4. The van der Waals surface area contributed by atoms with Crippen molar-refractivity contribution in [1.29, 1.82) is 0 Å². The molecule has 2 heterocycles. The number of aliphatic hydroxyl groups excluding tert-OH is 1. The minimum absolute atomic E-state index is 0.0474. The lowest BCUT2D eigenvalue weighted by atomic mass is 9.96. The predicted molar refractivity (Wildman–Crippen MR) is 152 cm³/mol. The molecule has 1 amide bonds. The first kappa shape index (κ1) is 28.6. The Bertz CT molecular complexity index is 1110. The maximum atomic E-state index is 12.6. The molecule has 1 saturated carbocycles. The molecule has 2 fully saturated rings. The van der Waals surface area contributed by atoms with Gasteiger partial charge in [-0.15, -0.1) is 0 Å². The highest BCUT2D eigenvalue weighted by Crippen LogP contribution is 2.25. The Hall–Kier alpha value is -2.97. The zero-order chi connectivity index (χ0) is 26.6. The third kappa shape index (κ3) is 8.27. The predicted octanol–water partition coefficient (Wildman–Crippen LogP) is 3.28. The number of hydrogen-bond donors (Lipinski definition) is 3. The van der Waals surface area contributed by atoms with Crippen molar-refractivity contribution in [3.05, 3.63) is 46.6 Å². The quantitative estimate of drug-likeness (QED) is 0.394. The fourth-order valence-corrected chi connectivity index (χ4v) is 4.97. The number of benzene rings is 1. The summed E-state index contributed by atoms with van der Waals surface area (Å²) in [4.78, 5) is 19.4. The van der Waals surface area contributed by atoms with Crippen molar-refractivity contribution in [3.8, 4) is 0 Å². The average molecular weight is 509 g/mol. The van der Waals surface area contributed by atoms with E-state index in [1.54, 1.807) is 0 Å². The molecule has 0 bridgehead atoms. The molecular weight excluding hydrogens is 464 g/mol. The number of rotatable bonds is 7. The molecule has 3 N–H and O–H groups in total. The first-order valence-electron chi connectivity index (χ1n) is 13.8. The van der Waals surface area contributed by atoms with Gasteiger partial charge < -0.3 is 20.6 Å². The van der Waals surface area contributed by atoms with Crippen LogP contribution in [0.15, 0.2) is 35.5 Å². The molecule has 202 valence electrons. The maximum absolute atomic E-state index is 12.6. The number of aliphatic hydroxyl groups is 1. The lowest BCUT2D eigenvalue weighted by molar-refractivity contribution is 0.0903. The molecule has 0 radical (unpaired) electrons. The number of piperidine rings is 1. The number of hydrogen-bond acceptors (Lipinski definition) is 5. The zero-order valence-electron chi connectivity index (χ0n) is 22.7. The van der Waals surface area contributed by atoms with Gasteiger partial charge in [0.15, 0.2) is 0 Å². The van der Waals surface area contributed by atoms with E-state index in [0.29, 0.717) is 18.2 Å². The summed E-state index contributed by atoms with van der Waals surface area (Å²) in [6.45, 7) is 12.8. The molecule has 2 aromatic rings. The number of nitrogens with zero attached hydrogens (tertiary/aromatic N) is 4. The van der Waals surface area contributed by atoms with Gasteiger partial charge in [-0.2, -0.15) is 5.10 Å². The first-order chi connectivity index (χ1) is 18.0. The van der Waals surface area contributed by atoms with Gasteiger partial charge in [-0.25, -0.2) is 4.99 Å². The van der Waals surface area contributed by atoms with E-state index in [-0.39, 0.29) is 18.6 Å². The highest BCUT2D eigenvalue weighted by molar-refractivity contribution is 5.97. The van der Waals surface area contributed by atoms with Crippen molar-refractivity contribution in [2.45, 2.75) is 77.8 Å². The average Bonchev–Trinajstić information content (AvgIpc) is 3.31. The molecule has 1 aromatic heterocycles. The van der Waals surface area contributed by atoms with Crippen molar-refractivity contribution in [2.75, 3.05) is 31.6 Å². The van der Waals surface area contributed by atoms with Gasteiger partial charge in [0.1, 0.15) is 5.84 Å². The molecule has 37 heavy (non-hydrogen) atoms. The highest BCUT2D eigenvalue weighted by Gasteiger charge is 2.21. The number of amidine groups is 1. The number of likely N-dealkylation sites (tertiary alicyclic amines) is 1. The number of nitrogens with one attached hydrogen (secondary N) is 2. The van der Waals surface area contributed by atoms with Crippen LogP contribution in [0.5, 0.6) is 0 Å². The molecule has 0 unspecified atom stereocenters. The van der Waals surface area contributed by atoms with Crippen LogP contribution in [-0.4, -0.2) is 63.8 Å². The minimum atomic E-state index is -0.0474. The third-order valence-electron chi connectivity index (χ3n) is 7.06. The number of carbonyl (C=O) groups is 1. The molecule has 0 spiro atoms. The summed E-state index contributed by atoms with van der Waals surface area (Å²) in [7, 11) is 0. The molecule has 4 rings (SSSR count). The molecule has 1 aromatic carbocycles. The van der Waals surface area contributed by atoms with Crippen molar-refractivity contribution >= 4 is 30.2 Å². The van der Waals surface area contributed by atoms with Crippen LogP contribution < -0.4 is 21.2 Å². The number of β-amino-alcohol motifs (C(OH)–C–C–N with tert-alkyl or cyclic N) is 1. The van der Waals surface area contributed by atoms with Gasteiger partial charge in [0, 0.05) is 48.3 Å². The van der Waals surface area contributed by atoms with Gasteiger partial charge in [0.25, 0.3) is 5.91 Å². The molecule has 8 nitrogen and oxygen atoms in total. The van der Waals surface area contributed by atoms with Crippen molar-refractivity contribution in [3.63, 3.8) is 0 Å². The standard InChI is InChI=1S/C27H38N6O2.C2H6/c1-20-23(19-29-33(20)26-6-4-3-5-7-26)18-28-21(2)30-24-10-8-22(9-11-24)27(35)31-25-12-14-32(15-13-25)16-17-34;1-2/h8-11,18-19,25-26,34H,1,3-7,12-17H2,2H3,(H,28,30)(H,31,35);1-2H3/b23-18-;. The van der Waals surface area contributed by atoms with Crippen LogP contribution in [-0.2, 0) is 0 Å². The van der Waals surface area contributed by atoms with Crippen molar-refractivity contribution in [1.82, 2.24) is 20.0 Å². The largest absolute Gasteiger partial charge is 0.395 e. The summed E-state index contributed by atoms with van der Waals surface area (Å²) in [6, 6.07) is 8.09. The van der Waals surface area contributed by atoms with Crippen LogP contribution in [0.3, 0.4) is 0 Å². The molecule has 8 heteroatoms. The van der Waals surface area contributed by atoms with Crippen LogP contribution >= 0.6 is 0 Å². The van der Waals surface area contributed by atoms with Gasteiger partial charge in [0.2, 0.25) is 0 Å². The SMILES string of the molecule is C=c1/c(=C\N=C(C)Nc2ccc(C(=O)NC3CCN(CCO)CC3)cc2)cnn1C1CCCCC1.CC. The topological polar surface area (TPSA) is 94.8 Å². The number of amides is 1. The Morgan fingerprint density at radius 1 is 1.14 bits per heavy atom. The van der Waals surface area contributed by atoms with E-state index in [0.717, 1.165) is 48.0 Å². The fraction of sp³-hybridized carbons (Fsp3) is 0.552. The molecular formula is C29H44N6O2. The number of anilines is 1. The van der Waals surface area contributed by atoms with Crippen LogP contribution in [0, 0.1) is 0 Å². The Morgan fingerprint density at radius 3 is 2.46 bits per heavy atom. The molecule has 1 saturated heterocycles. The summed E-state index contributed by atoms with van der Waals surface area (Å²) in [5.74, 6) is 0.704. The summed E-state index contributed by atoms with van der Waals surface area (Å²) < 4.78 is 2.06. The van der Waals surface area contributed by atoms with Gasteiger partial charge in [-0.05, 0) is 56.9 Å². The molecule has 2 aliphatic rings. The second-order valence-corrected chi connectivity index (χ2v) is 9.64. The first-order valence-corrected chi connectivity index (χ1v) is 13.8. The van der Waals surface area contributed by atoms with Gasteiger partial charge >= 0.3 is 0 Å². The van der Waals surface area contributed by atoms with Crippen LogP contribution in [0.4, 0.5) is 5.69 Å². The number of carbonyl (C=O) groups excluding carboxylic acids is 1. The number of aliphatic imine (C=N–C) groups is 1. The summed E-state index contributed by atoms with van der Waals surface area (Å²) >= 11 is 0. The van der Waals surface area contributed by atoms with Gasteiger partial charge in [0.05, 0.1) is 24.2 Å².